The number of carbonyl (C=O) groups excluding carboxylic acids is 2. The van der Waals surface area contributed by atoms with E-state index in [9.17, 15) is 9.59 Å². The van der Waals surface area contributed by atoms with Gasteiger partial charge in [-0.15, -0.1) is 0 Å². The van der Waals surface area contributed by atoms with E-state index in [-0.39, 0.29) is 43.5 Å². The third kappa shape index (κ3) is 8.40. The lowest BCUT2D eigenvalue weighted by atomic mass is 9.91. The number of Topliss-reactive ketones (excluding diaryl/α,β-unsaturated/α-hetero) is 1. The van der Waals surface area contributed by atoms with Crippen molar-refractivity contribution in [2.75, 3.05) is 19.8 Å². The molecule has 1 aliphatic carbocycles. The number of rotatable bonds is 10. The summed E-state index contributed by atoms with van der Waals surface area (Å²) in [5.41, 5.74) is 0. The molecule has 1 aliphatic rings. The van der Waals surface area contributed by atoms with Crippen molar-refractivity contribution in [1.82, 2.24) is 10.6 Å². The van der Waals surface area contributed by atoms with E-state index in [0.29, 0.717) is 21.5 Å². The van der Waals surface area contributed by atoms with E-state index >= 15 is 0 Å². The largest absolute Gasteiger partial charge is 0.486 e. The van der Waals surface area contributed by atoms with Gasteiger partial charge in [-0.25, -0.2) is 0 Å². The van der Waals surface area contributed by atoms with E-state index < -0.39 is 0 Å². The zero-order valence-electron chi connectivity index (χ0n) is 17.1. The van der Waals surface area contributed by atoms with Crippen molar-refractivity contribution in [3.05, 3.63) is 58.6 Å². The lowest BCUT2D eigenvalue weighted by molar-refractivity contribution is -0.124. The van der Waals surface area contributed by atoms with Crippen LogP contribution in [0.4, 0.5) is 0 Å². The third-order valence-corrected chi connectivity index (χ3v) is 5.58. The molecule has 0 unspecified atom stereocenters. The quantitative estimate of drug-likeness (QED) is 0.554. The minimum Gasteiger partial charge on any atom is -0.486 e. The topological polar surface area (TPSA) is 76.7 Å². The highest BCUT2D eigenvalue weighted by Crippen LogP contribution is 2.19. The Labute approximate surface area is 192 Å². The maximum absolute atomic E-state index is 12.1. The molecule has 166 valence electrons. The number of hydrogen-bond acceptors (Lipinski definition) is 5. The Hall–Kier alpha value is -2.28. The van der Waals surface area contributed by atoms with Gasteiger partial charge in [0.05, 0.1) is 6.54 Å². The number of benzene rings is 2. The Bertz CT molecular complexity index is 851. The zero-order valence-corrected chi connectivity index (χ0v) is 18.6. The van der Waals surface area contributed by atoms with E-state index in [4.69, 9.17) is 32.7 Å². The fraction of sp³-hybridized carbons (Fsp3) is 0.391. The first-order chi connectivity index (χ1) is 15.0. The monoisotopic (exact) mass is 464 g/mol. The van der Waals surface area contributed by atoms with Gasteiger partial charge in [0.25, 0.3) is 5.91 Å². The summed E-state index contributed by atoms with van der Waals surface area (Å²) >= 11 is 11.7. The van der Waals surface area contributed by atoms with Crippen LogP contribution in [0.3, 0.4) is 0 Å². The first-order valence-corrected chi connectivity index (χ1v) is 11.0. The summed E-state index contributed by atoms with van der Waals surface area (Å²) in [5, 5.41) is 7.56. The van der Waals surface area contributed by atoms with Crippen LogP contribution in [-0.4, -0.2) is 43.5 Å². The molecule has 2 aromatic carbocycles. The Morgan fingerprint density at radius 2 is 1.26 bits per heavy atom. The van der Waals surface area contributed by atoms with Crippen LogP contribution < -0.4 is 20.1 Å². The van der Waals surface area contributed by atoms with Gasteiger partial charge in [0.15, 0.2) is 12.4 Å². The maximum Gasteiger partial charge on any atom is 0.258 e. The molecule has 31 heavy (non-hydrogen) atoms. The minimum atomic E-state index is -0.138. The Morgan fingerprint density at radius 3 is 1.81 bits per heavy atom. The van der Waals surface area contributed by atoms with Crippen LogP contribution in [0.25, 0.3) is 0 Å². The van der Waals surface area contributed by atoms with Crippen LogP contribution in [0.15, 0.2) is 48.5 Å². The molecule has 0 aliphatic heterocycles. The van der Waals surface area contributed by atoms with Gasteiger partial charge in [0.1, 0.15) is 18.1 Å². The molecule has 0 radical (unpaired) electrons. The normalized spacial score (nSPS) is 18.3. The van der Waals surface area contributed by atoms with Gasteiger partial charge in [-0.05, 0) is 74.2 Å². The smallest absolute Gasteiger partial charge is 0.258 e. The van der Waals surface area contributed by atoms with Crippen LogP contribution in [0.2, 0.25) is 10.0 Å². The molecule has 0 heterocycles. The highest BCUT2D eigenvalue weighted by atomic mass is 35.5. The Balaban J connectivity index is 1.27. The Morgan fingerprint density at radius 1 is 0.774 bits per heavy atom. The Kier molecular flexibility index (Phi) is 9.00. The van der Waals surface area contributed by atoms with E-state index in [1.54, 1.807) is 48.5 Å². The van der Waals surface area contributed by atoms with Crippen LogP contribution >= 0.6 is 23.2 Å². The molecule has 0 saturated heterocycles. The molecule has 1 saturated carbocycles. The van der Waals surface area contributed by atoms with Crippen LogP contribution in [0.5, 0.6) is 11.5 Å². The van der Waals surface area contributed by atoms with E-state index in [2.05, 4.69) is 10.6 Å². The molecule has 2 aromatic rings. The van der Waals surface area contributed by atoms with E-state index in [0.717, 1.165) is 25.7 Å². The SMILES string of the molecule is O=C(CN[C@H]1CC[C@H](NC(=O)COc2ccc(Cl)cc2)CC1)COc1ccc(Cl)cc1. The summed E-state index contributed by atoms with van der Waals surface area (Å²) in [4.78, 5) is 24.2. The molecule has 6 nitrogen and oxygen atoms in total. The van der Waals surface area contributed by atoms with Crippen LogP contribution in [0, 0.1) is 0 Å². The zero-order chi connectivity index (χ0) is 22.1. The molecule has 0 atom stereocenters. The third-order valence-electron chi connectivity index (χ3n) is 5.08. The minimum absolute atomic E-state index is 0.00951. The number of halogens is 2. The summed E-state index contributed by atoms with van der Waals surface area (Å²) in [7, 11) is 0. The molecule has 1 fully saturated rings. The summed E-state index contributed by atoms with van der Waals surface area (Å²) in [6, 6.07) is 14.2. The number of nitrogens with one attached hydrogen (secondary N) is 2. The van der Waals surface area contributed by atoms with E-state index in [1.165, 1.54) is 0 Å². The number of hydrogen-bond donors (Lipinski definition) is 2. The number of amides is 1. The summed E-state index contributed by atoms with van der Waals surface area (Å²) < 4.78 is 10.9. The molecule has 2 N–H and O–H groups in total. The van der Waals surface area contributed by atoms with Crippen molar-refractivity contribution in [3.63, 3.8) is 0 Å². The van der Waals surface area contributed by atoms with Gasteiger partial charge in [0.2, 0.25) is 0 Å². The van der Waals surface area contributed by atoms with Gasteiger partial charge in [-0.1, -0.05) is 23.2 Å². The van der Waals surface area contributed by atoms with Gasteiger partial charge >= 0.3 is 0 Å². The summed E-state index contributed by atoms with van der Waals surface area (Å²) in [5.74, 6) is 1.08. The molecule has 8 heteroatoms. The van der Waals surface area contributed by atoms with Gasteiger partial charge in [-0.3, -0.25) is 9.59 Å². The van der Waals surface area contributed by atoms with Gasteiger partial charge < -0.3 is 20.1 Å². The molecule has 0 bridgehead atoms. The first-order valence-electron chi connectivity index (χ1n) is 10.3. The molecule has 3 rings (SSSR count). The molecule has 0 spiro atoms. The van der Waals surface area contributed by atoms with Crippen molar-refractivity contribution < 1.29 is 19.1 Å². The van der Waals surface area contributed by atoms with Crippen LogP contribution in [0.1, 0.15) is 25.7 Å². The standard InChI is InChI=1S/C23H26Cl2N2O4/c24-16-1-9-21(10-2-16)30-14-20(28)13-26-18-5-7-19(8-6-18)27-23(29)15-31-22-11-3-17(25)4-12-22/h1-4,9-12,18-19,26H,5-8,13-15H2,(H,27,29)/t18-,19-. The van der Waals surface area contributed by atoms with Crippen molar-refractivity contribution >= 4 is 34.9 Å². The highest BCUT2D eigenvalue weighted by Gasteiger charge is 2.22. The molecular formula is C23H26Cl2N2O4. The predicted octanol–water partition coefficient (Wildman–Crippen LogP) is 4.04. The summed E-state index contributed by atoms with van der Waals surface area (Å²) in [6.07, 6.45) is 3.52. The predicted molar refractivity (Wildman–Crippen MR) is 121 cm³/mol. The fourth-order valence-electron chi connectivity index (χ4n) is 3.39. The van der Waals surface area contributed by atoms with Gasteiger partial charge in [0, 0.05) is 22.1 Å². The van der Waals surface area contributed by atoms with Crippen molar-refractivity contribution in [2.24, 2.45) is 0 Å². The van der Waals surface area contributed by atoms with E-state index in [1.807, 2.05) is 0 Å². The van der Waals surface area contributed by atoms with Crippen molar-refractivity contribution in [2.45, 2.75) is 37.8 Å². The number of ether oxygens (including phenoxy) is 2. The number of ketones is 1. The first kappa shape index (κ1) is 23.4. The lowest BCUT2D eigenvalue weighted by Gasteiger charge is -2.29. The second kappa shape index (κ2) is 11.9. The fourth-order valence-corrected chi connectivity index (χ4v) is 3.65. The van der Waals surface area contributed by atoms with Crippen molar-refractivity contribution in [3.8, 4) is 11.5 Å². The maximum atomic E-state index is 12.1. The molecule has 1 amide bonds. The average Bonchev–Trinajstić information content (AvgIpc) is 2.78. The average molecular weight is 465 g/mol. The second-order valence-corrected chi connectivity index (χ2v) is 8.39. The lowest BCUT2D eigenvalue weighted by Crippen LogP contribution is -2.44. The summed E-state index contributed by atoms with van der Waals surface area (Å²) in [6.45, 7) is 0.264. The van der Waals surface area contributed by atoms with Crippen LogP contribution in [-0.2, 0) is 9.59 Å². The van der Waals surface area contributed by atoms with Gasteiger partial charge in [-0.2, -0.15) is 0 Å². The molecular weight excluding hydrogens is 439 g/mol. The second-order valence-electron chi connectivity index (χ2n) is 7.52. The molecule has 0 aromatic heterocycles. The highest BCUT2D eigenvalue weighted by molar-refractivity contribution is 6.30. The van der Waals surface area contributed by atoms with Crippen molar-refractivity contribution in [1.29, 1.82) is 0 Å². The number of carbonyl (C=O) groups is 2.